The molecule has 1 aromatic carbocycles. The number of H-pyrrole nitrogens is 1. The lowest BCUT2D eigenvalue weighted by molar-refractivity contribution is -0.156. The number of esters is 2. The second-order valence-corrected chi connectivity index (χ2v) is 13.2. The summed E-state index contributed by atoms with van der Waals surface area (Å²) >= 11 is 0. The maximum atomic E-state index is 12.8. The fourth-order valence-electron chi connectivity index (χ4n) is 5.01. The van der Waals surface area contributed by atoms with Crippen LogP contribution in [0.1, 0.15) is 50.0 Å². The average Bonchev–Trinajstić information content (AvgIpc) is 3.84. The van der Waals surface area contributed by atoms with E-state index in [2.05, 4.69) is 254 Å². The van der Waals surface area contributed by atoms with Crippen molar-refractivity contribution in [3.63, 3.8) is 0 Å². The summed E-state index contributed by atoms with van der Waals surface area (Å²) in [6.07, 6.45) is 14.2. The van der Waals surface area contributed by atoms with Gasteiger partial charge in [0.2, 0.25) is 0 Å². The molecule has 1 saturated heterocycles. The Morgan fingerprint density at radius 3 is 1.30 bits per heavy atom. The van der Waals surface area contributed by atoms with Crippen molar-refractivity contribution in [3.05, 3.63) is 56.4 Å². The van der Waals surface area contributed by atoms with E-state index in [0.29, 0.717) is 17.5 Å². The van der Waals surface area contributed by atoms with Crippen LogP contribution in [-0.2, 0) is 30.4 Å². The van der Waals surface area contributed by atoms with Gasteiger partial charge in [0.25, 0.3) is 5.56 Å². The highest BCUT2D eigenvalue weighted by molar-refractivity contribution is 5.77. The molecule has 11 nitrogen and oxygen atoms in total. The van der Waals surface area contributed by atoms with E-state index in [0.717, 1.165) is 0 Å². The fourth-order valence-corrected chi connectivity index (χ4v) is 5.01. The highest BCUT2D eigenvalue weighted by Crippen LogP contribution is 2.32. The van der Waals surface area contributed by atoms with Gasteiger partial charge < -0.3 is 23.7 Å². The Morgan fingerprint density at radius 1 is 0.558 bits per heavy atom. The van der Waals surface area contributed by atoms with Crippen molar-refractivity contribution < 1.29 is 33.3 Å². The van der Waals surface area contributed by atoms with Crippen LogP contribution in [0.5, 0.6) is 11.5 Å². The molecule has 2 aromatic rings. The molecule has 2 heterocycles. The number of aromatic amines is 1. The van der Waals surface area contributed by atoms with Gasteiger partial charge in [-0.2, -0.15) is 0 Å². The van der Waals surface area contributed by atoms with Gasteiger partial charge in [-0.1, -0.05) is 6.92 Å². The predicted octanol–water partition coefficient (Wildman–Crippen LogP) is 1.98. The molecule has 354 valence electrons. The number of hydrogen-bond acceptors (Lipinski definition) is 9. The van der Waals surface area contributed by atoms with Crippen LogP contribution in [0.3, 0.4) is 0 Å². The topological polar surface area (TPSA) is 135 Å². The highest BCUT2D eigenvalue weighted by Gasteiger charge is 2.38. The predicted molar refractivity (Wildman–Crippen MR) is 285 cm³/mol. The highest BCUT2D eigenvalue weighted by atomic mass is 16.6. The molecule has 1 fully saturated rings. The molecule has 3 rings (SSSR count). The molecule has 0 aliphatic carbocycles. The molecule has 0 saturated carbocycles. The molecule has 0 radical (unpaired) electrons. The molecule has 77 heavy (non-hydrogen) atoms. The molecule has 1 aliphatic heterocycles. The Labute approximate surface area is 447 Å². The molecule has 3 unspecified atom stereocenters. The van der Waals surface area contributed by atoms with E-state index in [4.69, 9.17) is 36.5 Å². The monoisotopic (exact) mass is 990 g/mol. The van der Waals surface area contributed by atoms with Crippen molar-refractivity contribution in [1.29, 1.82) is 0 Å². The Kier molecular flexibility index (Phi) is 28.3. The zero-order valence-electron chi connectivity index (χ0n) is 40.4. The van der Waals surface area contributed by atoms with Gasteiger partial charge in [-0.3, -0.25) is 23.9 Å². The van der Waals surface area contributed by atoms with Crippen molar-refractivity contribution in [1.82, 2.24) is 9.55 Å². The van der Waals surface area contributed by atoms with Crippen molar-refractivity contribution in [2.75, 3.05) is 0 Å². The quantitative estimate of drug-likeness (QED) is 0.281. The van der Waals surface area contributed by atoms with E-state index in [-0.39, 0.29) is 37.4 Å². The van der Waals surface area contributed by atoms with E-state index in [1.807, 2.05) is 6.92 Å². The Bertz CT molecular complexity index is 4090. The number of carbonyl (C=O) groups is 2. The average molecular weight is 991 g/mol. The van der Waals surface area contributed by atoms with Crippen molar-refractivity contribution in [2.45, 2.75) is 64.6 Å². The number of ether oxygens (including phenoxy) is 5. The first-order valence-corrected chi connectivity index (χ1v) is 21.5. The summed E-state index contributed by atoms with van der Waals surface area (Å²) in [7, 11) is 0. The van der Waals surface area contributed by atoms with Crippen molar-refractivity contribution in [3.8, 4) is 273 Å². The van der Waals surface area contributed by atoms with Crippen LogP contribution < -0.4 is 20.7 Å². The third-order valence-electron chi connectivity index (χ3n) is 8.03. The van der Waals surface area contributed by atoms with Crippen molar-refractivity contribution >= 4 is 11.9 Å². The maximum absolute atomic E-state index is 12.8. The number of terminal acetylenes is 2. The second kappa shape index (κ2) is 37.6. The summed E-state index contributed by atoms with van der Waals surface area (Å²) in [5, 5.41) is 0. The van der Waals surface area contributed by atoms with Crippen LogP contribution in [-0.4, -0.2) is 33.7 Å². The summed E-state index contributed by atoms with van der Waals surface area (Å²) in [5.74, 6) is 97.0. The normalized spacial score (nSPS) is 10.9. The van der Waals surface area contributed by atoms with Crippen LogP contribution in [0.15, 0.2) is 34.0 Å². The van der Waals surface area contributed by atoms with Gasteiger partial charge in [0.15, 0.2) is 0 Å². The third-order valence-corrected chi connectivity index (χ3v) is 8.03. The van der Waals surface area contributed by atoms with Crippen LogP contribution in [0, 0.1) is 269 Å². The minimum absolute atomic E-state index is 0.159. The molecule has 0 spiro atoms. The molecule has 1 N–H and O–H groups in total. The molecular formula is C66H26N2O9. The number of aromatic nitrogens is 2. The fraction of sp³-hybridized carbons (Fsp3) is 0.152. The van der Waals surface area contributed by atoms with Crippen LogP contribution in [0.2, 0.25) is 0 Å². The van der Waals surface area contributed by atoms with Gasteiger partial charge in [-0.15, -0.1) is 12.8 Å². The first-order chi connectivity index (χ1) is 37.7. The van der Waals surface area contributed by atoms with Gasteiger partial charge in [0.05, 0.1) is 18.9 Å². The molecule has 0 bridgehead atoms. The van der Waals surface area contributed by atoms with Crippen LogP contribution in [0.4, 0.5) is 0 Å². The van der Waals surface area contributed by atoms with Crippen LogP contribution >= 0.6 is 0 Å². The number of nitrogens with zero attached hydrogens (tertiary/aromatic N) is 1. The standard InChI is InChI=1S/C66H26N2O9/c1-5-8-10-12-14-16-18-20-22-24-26-28-30-32-34-36-38-40-42-44-48-73-58-50-57(51-59(52-58)74-49-45-43-41-39-37-35-33-31-29-27-25-23-21-19-17-15-13-11-9-6-2)55-75-63(69)46-47-64(70)77-61-53-62(76-60(61)7-3)68-54-56(4)65(71)67-66(68)72/h1-2,50-52,54,60-62H,7,46-47,53,55H2,3-4H3,(H,67,71,72). The van der Waals surface area contributed by atoms with Gasteiger partial charge in [-0.25, -0.2) is 4.79 Å². The Morgan fingerprint density at radius 2 is 0.922 bits per heavy atom. The molecule has 11 heteroatoms. The first kappa shape index (κ1) is 58.0. The lowest BCUT2D eigenvalue weighted by Crippen LogP contribution is -2.33. The summed E-state index contributed by atoms with van der Waals surface area (Å²) in [6, 6.07) is 4.50. The second-order valence-electron chi connectivity index (χ2n) is 13.2. The molecule has 1 aromatic heterocycles. The zero-order valence-corrected chi connectivity index (χ0v) is 40.4. The lowest BCUT2D eigenvalue weighted by Gasteiger charge is -2.17. The van der Waals surface area contributed by atoms with Crippen molar-refractivity contribution in [2.24, 2.45) is 0 Å². The van der Waals surface area contributed by atoms with E-state index in [9.17, 15) is 19.2 Å². The SMILES string of the molecule is C#CC#CC#CC#CC#CC#CC#CC#CC#CC#CC#COc1cc(COC(=O)CCC(=O)OC2CC(n3cc(C)c(=O)[nH]c3=O)OC2CC)cc(OC#CC#CC#CC#CC#CC#CC#CC#CC#CC#CC#C)c1. The molecular weight excluding hydrogens is 965 g/mol. The summed E-state index contributed by atoms with van der Waals surface area (Å²) in [6.45, 7) is 3.13. The third kappa shape index (κ3) is 26.9. The lowest BCUT2D eigenvalue weighted by atomic mass is 10.1. The largest absolute Gasteiger partial charge is 0.461 e. The van der Waals surface area contributed by atoms with Gasteiger partial charge >= 0.3 is 17.6 Å². The first-order valence-electron chi connectivity index (χ1n) is 21.5. The molecule has 0 amide bonds. The summed E-state index contributed by atoms with van der Waals surface area (Å²) < 4.78 is 29.3. The number of carbonyl (C=O) groups excluding carboxylic acids is 2. The zero-order chi connectivity index (χ0) is 55.2. The van der Waals surface area contributed by atoms with E-state index >= 15 is 0 Å². The maximum Gasteiger partial charge on any atom is 0.330 e. The van der Waals surface area contributed by atoms with Gasteiger partial charge in [0.1, 0.15) is 42.7 Å². The van der Waals surface area contributed by atoms with Crippen LogP contribution in [0.25, 0.3) is 0 Å². The smallest absolute Gasteiger partial charge is 0.330 e. The minimum Gasteiger partial charge on any atom is -0.461 e. The van der Waals surface area contributed by atoms with E-state index in [1.165, 1.54) is 29.0 Å². The summed E-state index contributed by atoms with van der Waals surface area (Å²) in [4.78, 5) is 52.1. The minimum atomic E-state index is -0.769. The van der Waals surface area contributed by atoms with Gasteiger partial charge in [0, 0.05) is 166 Å². The molecule has 3 atom stereocenters. The Hall–Kier alpha value is -13.3. The summed E-state index contributed by atoms with van der Waals surface area (Å²) in [5.41, 5.74) is -0.445. The number of benzene rings is 1. The number of hydrogen-bond donors (Lipinski definition) is 1. The van der Waals surface area contributed by atoms with E-state index in [1.54, 1.807) is 6.92 Å². The molecule has 1 aliphatic rings. The number of rotatable bonds is 10. The number of aryl methyl sites for hydroxylation is 1. The Balaban J connectivity index is 1.64. The van der Waals surface area contributed by atoms with Gasteiger partial charge in [-0.05, 0) is 126 Å². The van der Waals surface area contributed by atoms with E-state index < -0.39 is 41.6 Å². The number of nitrogens with one attached hydrogen (secondary N) is 1.